The third kappa shape index (κ3) is 5.11. The molecule has 22 heavy (non-hydrogen) atoms. The van der Waals surface area contributed by atoms with Crippen LogP contribution >= 0.6 is 0 Å². The van der Waals surface area contributed by atoms with Gasteiger partial charge < -0.3 is 9.47 Å². The first-order valence-corrected chi connectivity index (χ1v) is 8.07. The second-order valence-corrected chi connectivity index (χ2v) is 6.63. The number of ether oxygens (including phenoxy) is 2. The third-order valence-corrected chi connectivity index (χ3v) is 3.91. The maximum Gasteiger partial charge on any atom is 0.188 e. The van der Waals surface area contributed by atoms with E-state index in [9.17, 15) is 0 Å². The second kappa shape index (κ2) is 7.25. The van der Waals surface area contributed by atoms with E-state index in [0.717, 1.165) is 31.9 Å². The first kappa shape index (κ1) is 17.0. The summed E-state index contributed by atoms with van der Waals surface area (Å²) in [5, 5.41) is 3.26. The van der Waals surface area contributed by atoms with Crippen molar-refractivity contribution in [3.63, 3.8) is 0 Å². The molecule has 2 aliphatic rings. The molecule has 1 fully saturated rings. The van der Waals surface area contributed by atoms with Crippen LogP contribution in [0.5, 0.6) is 0 Å². The Hall–Kier alpha value is -1.39. The molecule has 0 radical (unpaired) electrons. The Bertz CT molecular complexity index is 491. The summed E-state index contributed by atoms with van der Waals surface area (Å²) in [6.07, 6.45) is 1.86. The largest absolute Gasteiger partial charge is 0.478 e. The molecule has 122 valence electrons. The lowest BCUT2D eigenvalue weighted by atomic mass is 10.1. The van der Waals surface area contributed by atoms with Crippen LogP contribution in [-0.2, 0) is 15.9 Å². The van der Waals surface area contributed by atoms with Gasteiger partial charge in [-0.3, -0.25) is 5.32 Å². The van der Waals surface area contributed by atoms with Crippen LogP contribution < -0.4 is 5.32 Å². The summed E-state index contributed by atoms with van der Waals surface area (Å²) in [4.78, 5) is 4.51. The number of nitrogens with one attached hydrogen (secondary N) is 1. The molecule has 0 saturated carbocycles. The smallest absolute Gasteiger partial charge is 0.188 e. The van der Waals surface area contributed by atoms with E-state index in [4.69, 9.17) is 9.47 Å². The van der Waals surface area contributed by atoms with Crippen molar-refractivity contribution in [1.82, 2.24) is 5.32 Å². The summed E-state index contributed by atoms with van der Waals surface area (Å²) >= 11 is 0. The third-order valence-electron chi connectivity index (χ3n) is 3.91. The van der Waals surface area contributed by atoms with Gasteiger partial charge in [0.15, 0.2) is 5.90 Å². The molecular weight excluding hydrogens is 276 g/mol. The summed E-state index contributed by atoms with van der Waals surface area (Å²) < 4.78 is 10.9. The Morgan fingerprint density at radius 2 is 1.91 bits per heavy atom. The average Bonchev–Trinajstić information content (AvgIpc) is 3.07. The fourth-order valence-electron chi connectivity index (χ4n) is 2.39. The van der Waals surface area contributed by atoms with E-state index in [0.29, 0.717) is 6.61 Å². The van der Waals surface area contributed by atoms with Gasteiger partial charge in [-0.05, 0) is 32.8 Å². The van der Waals surface area contributed by atoms with E-state index in [1.807, 2.05) is 18.2 Å². The number of rotatable bonds is 3. The van der Waals surface area contributed by atoms with Gasteiger partial charge in [0.25, 0.3) is 0 Å². The Morgan fingerprint density at radius 3 is 2.36 bits per heavy atom. The fourth-order valence-corrected chi connectivity index (χ4v) is 2.39. The van der Waals surface area contributed by atoms with Crippen molar-refractivity contribution < 1.29 is 9.47 Å². The zero-order valence-electron chi connectivity index (χ0n) is 14.2. The lowest BCUT2D eigenvalue weighted by molar-refractivity contribution is 0.00353. The highest BCUT2D eigenvalue weighted by Gasteiger charge is 2.26. The molecule has 2 aliphatic heterocycles. The van der Waals surface area contributed by atoms with Crippen LogP contribution in [0.25, 0.3) is 0 Å². The number of aliphatic imine (C=N–C) groups is 1. The number of hydrogen-bond donors (Lipinski definition) is 1. The van der Waals surface area contributed by atoms with Crippen LogP contribution in [0, 0.1) is 0 Å². The van der Waals surface area contributed by atoms with Gasteiger partial charge >= 0.3 is 0 Å². The molecule has 0 aromatic heterocycles. The van der Waals surface area contributed by atoms with Gasteiger partial charge in [0.05, 0.1) is 12.1 Å². The van der Waals surface area contributed by atoms with Crippen molar-refractivity contribution in [1.29, 1.82) is 0 Å². The lowest BCUT2D eigenvalue weighted by Gasteiger charge is -2.20. The van der Waals surface area contributed by atoms with E-state index in [-0.39, 0.29) is 11.3 Å². The minimum absolute atomic E-state index is 0.0139. The topological polar surface area (TPSA) is 42.8 Å². The molecule has 4 nitrogen and oxygen atoms in total. The lowest BCUT2D eigenvalue weighted by Crippen LogP contribution is -2.36. The molecule has 1 unspecified atom stereocenters. The van der Waals surface area contributed by atoms with E-state index >= 15 is 0 Å². The van der Waals surface area contributed by atoms with Crippen molar-refractivity contribution in [2.45, 2.75) is 51.8 Å². The highest BCUT2D eigenvalue weighted by atomic mass is 16.5. The Morgan fingerprint density at radius 1 is 1.18 bits per heavy atom. The molecule has 0 bridgehead atoms. The quantitative estimate of drug-likeness (QED) is 0.932. The summed E-state index contributed by atoms with van der Waals surface area (Å²) in [7, 11) is 0. The fraction of sp³-hybridized carbons (Fsp3) is 0.611. The van der Waals surface area contributed by atoms with Crippen molar-refractivity contribution >= 4 is 5.90 Å². The standard InChI is InChI=1S/C12H15NO.C6H13NO/c1-12(2)9-14-11(13-12)8-10-6-4-3-5-7-10;1-3-6(2)7-4-5-8-6/h3-7H,8-9H2,1-2H3;7H,3-5H2,1-2H3. The van der Waals surface area contributed by atoms with Gasteiger partial charge in [-0.15, -0.1) is 0 Å². The van der Waals surface area contributed by atoms with Gasteiger partial charge in [-0.2, -0.15) is 0 Å². The molecule has 2 heterocycles. The minimum atomic E-state index is -0.0376. The maximum atomic E-state index is 5.52. The van der Waals surface area contributed by atoms with Crippen LogP contribution in [0.2, 0.25) is 0 Å². The highest BCUT2D eigenvalue weighted by Crippen LogP contribution is 2.18. The zero-order valence-corrected chi connectivity index (χ0v) is 14.2. The van der Waals surface area contributed by atoms with E-state index in [1.165, 1.54) is 5.56 Å². The van der Waals surface area contributed by atoms with Crippen molar-refractivity contribution in [2.24, 2.45) is 4.99 Å². The van der Waals surface area contributed by atoms with E-state index in [2.05, 4.69) is 50.1 Å². The van der Waals surface area contributed by atoms with Crippen LogP contribution in [0.15, 0.2) is 35.3 Å². The Kier molecular flexibility index (Phi) is 5.59. The van der Waals surface area contributed by atoms with E-state index < -0.39 is 0 Å². The van der Waals surface area contributed by atoms with Crippen LogP contribution in [0.4, 0.5) is 0 Å². The summed E-state index contributed by atoms with van der Waals surface area (Å²) in [5.74, 6) is 0.862. The van der Waals surface area contributed by atoms with Crippen LogP contribution in [-0.4, -0.2) is 36.9 Å². The molecule has 4 heteroatoms. The molecule has 0 spiro atoms. The molecule has 1 aromatic rings. The Balaban J connectivity index is 0.000000188. The van der Waals surface area contributed by atoms with E-state index in [1.54, 1.807) is 0 Å². The average molecular weight is 304 g/mol. The van der Waals surface area contributed by atoms with Gasteiger partial charge in [-0.25, -0.2) is 4.99 Å². The monoisotopic (exact) mass is 304 g/mol. The SMILES string of the molecule is CC1(C)COC(Cc2ccccc2)=N1.CCC1(C)NCCO1. The van der Waals surface area contributed by atoms with Gasteiger partial charge in [-0.1, -0.05) is 37.3 Å². The van der Waals surface area contributed by atoms with Crippen molar-refractivity contribution in [3.8, 4) is 0 Å². The number of benzene rings is 1. The molecule has 3 rings (SSSR count). The molecule has 0 aliphatic carbocycles. The molecule has 1 aromatic carbocycles. The number of nitrogens with zero attached hydrogens (tertiary/aromatic N) is 1. The van der Waals surface area contributed by atoms with Gasteiger partial charge in [0, 0.05) is 13.0 Å². The highest BCUT2D eigenvalue weighted by molar-refractivity contribution is 5.80. The van der Waals surface area contributed by atoms with Gasteiger partial charge in [0.1, 0.15) is 12.3 Å². The molecule has 1 atom stereocenters. The number of hydrogen-bond acceptors (Lipinski definition) is 4. The van der Waals surface area contributed by atoms with Crippen LogP contribution in [0.1, 0.15) is 39.7 Å². The molecular formula is C18H28N2O2. The predicted octanol–water partition coefficient (Wildman–Crippen LogP) is 3.17. The Labute approximate surface area is 133 Å². The minimum Gasteiger partial charge on any atom is -0.478 e. The first-order valence-electron chi connectivity index (χ1n) is 8.07. The summed E-state index contributed by atoms with van der Waals surface area (Å²) in [5.41, 5.74) is 1.20. The summed E-state index contributed by atoms with van der Waals surface area (Å²) in [6.45, 7) is 11.0. The van der Waals surface area contributed by atoms with Crippen LogP contribution in [0.3, 0.4) is 0 Å². The zero-order chi connectivity index (χ0) is 16.1. The molecule has 1 saturated heterocycles. The maximum absolute atomic E-state index is 5.52. The summed E-state index contributed by atoms with van der Waals surface area (Å²) in [6, 6.07) is 10.3. The van der Waals surface area contributed by atoms with Crippen molar-refractivity contribution in [2.75, 3.05) is 19.8 Å². The molecule has 1 N–H and O–H groups in total. The van der Waals surface area contributed by atoms with Crippen molar-refractivity contribution in [3.05, 3.63) is 35.9 Å². The first-order chi connectivity index (χ1) is 10.4. The predicted molar refractivity (Wildman–Crippen MR) is 90.3 cm³/mol. The van der Waals surface area contributed by atoms with Gasteiger partial charge in [0.2, 0.25) is 0 Å². The normalized spacial score (nSPS) is 25.9. The second-order valence-electron chi connectivity index (χ2n) is 6.63. The molecule has 0 amide bonds.